The second-order valence-electron chi connectivity index (χ2n) is 1.68. The summed E-state index contributed by atoms with van der Waals surface area (Å²) in [5, 5.41) is 0. The van der Waals surface area contributed by atoms with Crippen LogP contribution in [-0.4, -0.2) is 22.7 Å². The van der Waals surface area contributed by atoms with E-state index in [2.05, 4.69) is 0 Å². The van der Waals surface area contributed by atoms with Crippen LogP contribution in [0.4, 0.5) is 0 Å². The van der Waals surface area contributed by atoms with E-state index in [1.54, 1.807) is 0 Å². The number of hydrogen-bond acceptors (Lipinski definition) is 2. The van der Waals surface area contributed by atoms with Crippen LogP contribution in [0.25, 0.3) is 0 Å². The molecule has 0 rings (SSSR count). The third-order valence-electron chi connectivity index (χ3n) is 0.487. The molecule has 0 amide bonds. The van der Waals surface area contributed by atoms with Gasteiger partial charge in [-0.2, -0.15) is 0 Å². The Balaban J connectivity index is 2.72. The fraction of sp³-hybridized carbons (Fsp3) is 1.00. The SMILES string of the molecule is CCO[Si]OC(C)C. The predicted octanol–water partition coefficient (Wildman–Crippen LogP) is 0.982. The Morgan fingerprint density at radius 2 is 2.12 bits per heavy atom. The van der Waals surface area contributed by atoms with E-state index >= 15 is 0 Å². The van der Waals surface area contributed by atoms with E-state index in [1.807, 2.05) is 20.8 Å². The molecule has 0 aromatic rings. The van der Waals surface area contributed by atoms with Crippen LogP contribution in [0.5, 0.6) is 0 Å². The van der Waals surface area contributed by atoms with Gasteiger partial charge in [-0.3, -0.25) is 0 Å². The van der Waals surface area contributed by atoms with Crippen molar-refractivity contribution in [3.8, 4) is 0 Å². The van der Waals surface area contributed by atoms with Gasteiger partial charge in [0.15, 0.2) is 0 Å². The van der Waals surface area contributed by atoms with Gasteiger partial charge in [-0.1, -0.05) is 0 Å². The highest BCUT2D eigenvalue weighted by atomic mass is 28.3. The van der Waals surface area contributed by atoms with E-state index in [4.69, 9.17) is 8.85 Å². The van der Waals surface area contributed by atoms with Gasteiger partial charge in [-0.15, -0.1) is 0 Å². The van der Waals surface area contributed by atoms with Crippen LogP contribution in [0.3, 0.4) is 0 Å². The highest BCUT2D eigenvalue weighted by Gasteiger charge is 1.93. The summed E-state index contributed by atoms with van der Waals surface area (Å²) in [5.41, 5.74) is 0. The summed E-state index contributed by atoms with van der Waals surface area (Å²) in [7, 11) is 0.213. The molecule has 0 aliphatic heterocycles. The summed E-state index contributed by atoms with van der Waals surface area (Å²) in [5.74, 6) is 0. The zero-order chi connectivity index (χ0) is 6.41. The summed E-state index contributed by atoms with van der Waals surface area (Å²) in [6.07, 6.45) is 0.292. The fourth-order valence-corrected chi connectivity index (χ4v) is 0.568. The molecule has 0 N–H and O–H groups in total. The third-order valence-corrected chi connectivity index (χ3v) is 1.46. The quantitative estimate of drug-likeness (QED) is 0.419. The molecule has 0 unspecified atom stereocenters. The Kier molecular flexibility index (Phi) is 5.37. The van der Waals surface area contributed by atoms with Gasteiger partial charge in [0.05, 0.1) is 0 Å². The Hall–Kier alpha value is 0.137. The molecular weight excluding hydrogens is 120 g/mol. The normalized spacial score (nSPS) is 10.5. The molecule has 0 aromatic carbocycles. The maximum absolute atomic E-state index is 5.09. The molecule has 0 aromatic heterocycles. The maximum atomic E-state index is 5.09. The van der Waals surface area contributed by atoms with Crippen molar-refractivity contribution in [3.63, 3.8) is 0 Å². The van der Waals surface area contributed by atoms with Crippen molar-refractivity contribution in [2.75, 3.05) is 6.61 Å². The molecule has 0 fully saturated rings. The van der Waals surface area contributed by atoms with Crippen LogP contribution in [-0.2, 0) is 8.85 Å². The van der Waals surface area contributed by atoms with Crippen LogP contribution < -0.4 is 0 Å². The smallest absolute Gasteiger partial charge is 0.393 e. The van der Waals surface area contributed by atoms with Crippen molar-refractivity contribution >= 4 is 10.0 Å². The first-order chi connectivity index (χ1) is 3.77. The van der Waals surface area contributed by atoms with Crippen LogP contribution in [0, 0.1) is 0 Å². The van der Waals surface area contributed by atoms with Gasteiger partial charge in [-0.05, 0) is 20.8 Å². The molecule has 0 saturated carbocycles. The molecule has 2 radical (unpaired) electrons. The first-order valence-corrected chi connectivity index (χ1v) is 3.61. The van der Waals surface area contributed by atoms with Crippen LogP contribution >= 0.6 is 0 Å². The summed E-state index contributed by atoms with van der Waals surface area (Å²) in [4.78, 5) is 0. The Morgan fingerprint density at radius 3 is 2.50 bits per heavy atom. The molecule has 0 bridgehead atoms. The van der Waals surface area contributed by atoms with E-state index in [1.165, 1.54) is 0 Å². The Bertz CT molecular complexity index is 47.7. The molecular formula is C5H12O2Si. The summed E-state index contributed by atoms with van der Waals surface area (Å²) < 4.78 is 10.0. The molecule has 8 heavy (non-hydrogen) atoms. The van der Waals surface area contributed by atoms with Gasteiger partial charge in [0.25, 0.3) is 0 Å². The molecule has 0 aliphatic rings. The van der Waals surface area contributed by atoms with Gasteiger partial charge in [0.2, 0.25) is 0 Å². The van der Waals surface area contributed by atoms with Crippen molar-refractivity contribution in [2.45, 2.75) is 26.9 Å². The maximum Gasteiger partial charge on any atom is 0.433 e. The van der Waals surface area contributed by atoms with E-state index in [-0.39, 0.29) is 10.0 Å². The zero-order valence-corrected chi connectivity index (χ0v) is 6.60. The van der Waals surface area contributed by atoms with Crippen molar-refractivity contribution in [1.29, 1.82) is 0 Å². The van der Waals surface area contributed by atoms with Gasteiger partial charge in [-0.25, -0.2) is 0 Å². The molecule has 3 heteroatoms. The first-order valence-electron chi connectivity index (χ1n) is 2.79. The highest BCUT2D eigenvalue weighted by Crippen LogP contribution is 1.83. The lowest BCUT2D eigenvalue weighted by atomic mass is 10.5. The number of hydrogen-bond donors (Lipinski definition) is 0. The van der Waals surface area contributed by atoms with E-state index in [0.717, 1.165) is 6.61 Å². The molecule has 0 saturated heterocycles. The summed E-state index contributed by atoms with van der Waals surface area (Å²) >= 11 is 0. The van der Waals surface area contributed by atoms with E-state index in [9.17, 15) is 0 Å². The third kappa shape index (κ3) is 6.14. The molecule has 0 aliphatic carbocycles. The highest BCUT2D eigenvalue weighted by molar-refractivity contribution is 6.17. The number of rotatable bonds is 4. The minimum atomic E-state index is 0.213. The van der Waals surface area contributed by atoms with Crippen LogP contribution in [0.2, 0.25) is 0 Å². The van der Waals surface area contributed by atoms with Gasteiger partial charge < -0.3 is 8.85 Å². The second-order valence-corrected chi connectivity index (χ2v) is 2.37. The summed E-state index contributed by atoms with van der Waals surface area (Å²) in [6, 6.07) is 0. The molecule has 0 atom stereocenters. The van der Waals surface area contributed by atoms with E-state index in [0.29, 0.717) is 6.10 Å². The van der Waals surface area contributed by atoms with Crippen molar-refractivity contribution < 1.29 is 8.85 Å². The zero-order valence-electron chi connectivity index (χ0n) is 5.60. The Labute approximate surface area is 53.2 Å². The Morgan fingerprint density at radius 1 is 1.50 bits per heavy atom. The molecule has 48 valence electrons. The van der Waals surface area contributed by atoms with Crippen molar-refractivity contribution in [2.24, 2.45) is 0 Å². The lowest BCUT2D eigenvalue weighted by Crippen LogP contribution is -2.10. The predicted molar refractivity (Wildman–Crippen MR) is 33.6 cm³/mol. The minimum Gasteiger partial charge on any atom is -0.393 e. The van der Waals surface area contributed by atoms with Gasteiger partial charge in [0.1, 0.15) is 0 Å². The fourth-order valence-electron chi connectivity index (χ4n) is 0.189. The average Bonchev–Trinajstić information content (AvgIpc) is 1.66. The van der Waals surface area contributed by atoms with Crippen molar-refractivity contribution in [1.82, 2.24) is 0 Å². The molecule has 0 spiro atoms. The van der Waals surface area contributed by atoms with Crippen LogP contribution in [0.1, 0.15) is 20.8 Å². The monoisotopic (exact) mass is 132 g/mol. The first kappa shape index (κ1) is 8.14. The largest absolute Gasteiger partial charge is 0.433 e. The average molecular weight is 132 g/mol. The second kappa shape index (κ2) is 5.28. The van der Waals surface area contributed by atoms with Gasteiger partial charge >= 0.3 is 10.0 Å². The van der Waals surface area contributed by atoms with E-state index < -0.39 is 0 Å². The standard InChI is InChI=1S/C5H12O2Si/c1-4-6-8-7-5(2)3/h5H,4H2,1-3H3. The van der Waals surface area contributed by atoms with Gasteiger partial charge in [0, 0.05) is 12.7 Å². The minimum absolute atomic E-state index is 0.213. The van der Waals surface area contributed by atoms with Crippen LogP contribution in [0.15, 0.2) is 0 Å². The topological polar surface area (TPSA) is 18.5 Å². The lowest BCUT2D eigenvalue weighted by Gasteiger charge is -2.02. The molecule has 2 nitrogen and oxygen atoms in total. The lowest BCUT2D eigenvalue weighted by molar-refractivity contribution is 0.185. The van der Waals surface area contributed by atoms with Crippen molar-refractivity contribution in [3.05, 3.63) is 0 Å². The molecule has 0 heterocycles. The summed E-state index contributed by atoms with van der Waals surface area (Å²) in [6.45, 7) is 6.68.